The minimum absolute atomic E-state index is 0.0631. The third kappa shape index (κ3) is 5.55. The molecule has 8 heteroatoms. The predicted octanol–water partition coefficient (Wildman–Crippen LogP) is 3.90. The van der Waals surface area contributed by atoms with Gasteiger partial charge in [-0.25, -0.2) is 9.78 Å². The average molecular weight is 467 g/mol. The maximum atomic E-state index is 12.9. The molecule has 1 fully saturated rings. The van der Waals surface area contributed by atoms with Crippen LogP contribution in [-0.2, 0) is 20.9 Å². The highest BCUT2D eigenvalue weighted by atomic mass is 16.5. The molecule has 0 bridgehead atoms. The summed E-state index contributed by atoms with van der Waals surface area (Å²) >= 11 is 0. The van der Waals surface area contributed by atoms with Gasteiger partial charge >= 0.3 is 5.97 Å². The van der Waals surface area contributed by atoms with Crippen LogP contribution in [-0.4, -0.2) is 51.9 Å². The van der Waals surface area contributed by atoms with Crippen molar-refractivity contribution in [2.24, 2.45) is 5.92 Å². The number of ether oxygens (including phenoxy) is 1. The first-order valence-electron chi connectivity index (χ1n) is 11.8. The molecule has 3 rings (SSSR count). The monoisotopic (exact) mass is 466 g/mol. The summed E-state index contributed by atoms with van der Waals surface area (Å²) in [5.74, 6) is -0.178. The minimum Gasteiger partial charge on any atom is -0.462 e. The van der Waals surface area contributed by atoms with Crippen LogP contribution in [0.2, 0.25) is 0 Å². The van der Waals surface area contributed by atoms with Crippen LogP contribution < -0.4 is 5.32 Å². The smallest absolute Gasteiger partial charge is 0.340 e. The summed E-state index contributed by atoms with van der Waals surface area (Å²) in [6, 6.07) is 3.71. The molecule has 2 aromatic heterocycles. The fraction of sp³-hybridized carbons (Fsp3) is 0.462. The maximum absolute atomic E-state index is 12.9. The Hall–Kier alpha value is -3.42. The molecule has 0 spiro atoms. The molecule has 0 radical (unpaired) electrons. The van der Waals surface area contributed by atoms with Crippen molar-refractivity contribution >= 4 is 29.7 Å². The number of aryl methyl sites for hydroxylation is 1. The summed E-state index contributed by atoms with van der Waals surface area (Å²) in [7, 11) is 0. The molecule has 0 aliphatic carbocycles. The van der Waals surface area contributed by atoms with Gasteiger partial charge in [-0.1, -0.05) is 0 Å². The maximum Gasteiger partial charge on any atom is 0.340 e. The van der Waals surface area contributed by atoms with Gasteiger partial charge in [0, 0.05) is 54.8 Å². The second-order valence-corrected chi connectivity index (χ2v) is 8.56. The molecule has 0 atom stereocenters. The highest BCUT2D eigenvalue weighted by Gasteiger charge is 2.27. The number of amides is 2. The van der Waals surface area contributed by atoms with Crippen LogP contribution in [0.4, 0.5) is 5.82 Å². The van der Waals surface area contributed by atoms with Crippen molar-refractivity contribution in [2.75, 3.05) is 25.0 Å². The minimum atomic E-state index is -0.377. The van der Waals surface area contributed by atoms with Gasteiger partial charge in [0.15, 0.2) is 0 Å². The topological polar surface area (TPSA) is 93.5 Å². The number of pyridine rings is 1. The lowest BCUT2D eigenvalue weighted by Crippen LogP contribution is -2.40. The molecule has 2 amide bonds. The lowest BCUT2D eigenvalue weighted by Gasteiger charge is -2.30. The SMILES string of the molecule is CCOC(=O)c1c(C=CC(=O)N2CCC(C(=O)Nc3cc(C)ccn3)CC2)c(C)n(CC)c1C. The van der Waals surface area contributed by atoms with E-state index in [0.717, 1.165) is 23.5 Å². The summed E-state index contributed by atoms with van der Waals surface area (Å²) in [5.41, 5.74) is 4.01. The first-order valence-corrected chi connectivity index (χ1v) is 11.8. The van der Waals surface area contributed by atoms with E-state index < -0.39 is 0 Å². The first-order chi connectivity index (χ1) is 16.3. The van der Waals surface area contributed by atoms with E-state index in [1.54, 1.807) is 24.1 Å². The van der Waals surface area contributed by atoms with Gasteiger partial charge in [0.05, 0.1) is 12.2 Å². The van der Waals surface area contributed by atoms with Gasteiger partial charge in [0.1, 0.15) is 5.82 Å². The van der Waals surface area contributed by atoms with Gasteiger partial charge < -0.3 is 19.5 Å². The van der Waals surface area contributed by atoms with Gasteiger partial charge in [-0.2, -0.15) is 0 Å². The van der Waals surface area contributed by atoms with E-state index in [4.69, 9.17) is 4.74 Å². The number of likely N-dealkylation sites (tertiary alicyclic amines) is 1. The Kier molecular flexibility index (Phi) is 8.26. The first kappa shape index (κ1) is 25.2. The third-order valence-electron chi connectivity index (χ3n) is 6.36. The normalized spacial score (nSPS) is 14.4. The van der Waals surface area contributed by atoms with Gasteiger partial charge in [-0.3, -0.25) is 9.59 Å². The van der Waals surface area contributed by atoms with Crippen LogP contribution in [0.5, 0.6) is 0 Å². The summed E-state index contributed by atoms with van der Waals surface area (Å²) < 4.78 is 7.29. The predicted molar refractivity (Wildman–Crippen MR) is 131 cm³/mol. The zero-order valence-electron chi connectivity index (χ0n) is 20.7. The number of hydrogen-bond donors (Lipinski definition) is 1. The van der Waals surface area contributed by atoms with Gasteiger partial charge in [0.25, 0.3) is 0 Å². The van der Waals surface area contributed by atoms with E-state index in [1.807, 2.05) is 44.4 Å². The molecule has 182 valence electrons. The molecule has 1 aliphatic heterocycles. The van der Waals surface area contributed by atoms with Crippen molar-refractivity contribution in [1.29, 1.82) is 0 Å². The van der Waals surface area contributed by atoms with Crippen LogP contribution in [0.15, 0.2) is 24.4 Å². The lowest BCUT2D eigenvalue weighted by molar-refractivity contribution is -0.130. The summed E-state index contributed by atoms with van der Waals surface area (Å²) in [6.07, 6.45) is 6.09. The van der Waals surface area contributed by atoms with Crippen molar-refractivity contribution < 1.29 is 19.1 Å². The molecule has 34 heavy (non-hydrogen) atoms. The van der Waals surface area contributed by atoms with Gasteiger partial charge in [-0.15, -0.1) is 0 Å². The Labute approximate surface area is 201 Å². The summed E-state index contributed by atoms with van der Waals surface area (Å²) in [5, 5.41) is 2.88. The van der Waals surface area contributed by atoms with Crippen LogP contribution in [0.3, 0.4) is 0 Å². The molecule has 1 saturated heterocycles. The van der Waals surface area contributed by atoms with Crippen molar-refractivity contribution in [3.8, 4) is 0 Å². The molecule has 1 N–H and O–H groups in total. The van der Waals surface area contributed by atoms with E-state index in [2.05, 4.69) is 10.3 Å². The van der Waals surface area contributed by atoms with E-state index in [0.29, 0.717) is 49.5 Å². The highest BCUT2D eigenvalue weighted by Crippen LogP contribution is 2.25. The van der Waals surface area contributed by atoms with Crippen LogP contribution in [0.1, 0.15) is 59.6 Å². The van der Waals surface area contributed by atoms with Gasteiger partial charge in [0.2, 0.25) is 11.8 Å². The number of nitrogens with zero attached hydrogens (tertiary/aromatic N) is 3. The van der Waals surface area contributed by atoms with Gasteiger partial charge in [-0.05, 0) is 71.2 Å². The summed E-state index contributed by atoms with van der Waals surface area (Å²) in [4.78, 5) is 44.0. The standard InChI is InChI=1S/C26H34N4O4/c1-6-30-18(4)21(24(19(30)5)26(33)34-7-2)8-9-23(31)29-14-11-20(12-15-29)25(32)28-22-16-17(3)10-13-27-22/h8-10,13,16,20H,6-7,11-12,14-15H2,1-5H3,(H,27,28,32). The van der Waals surface area contributed by atoms with Crippen LogP contribution in [0.25, 0.3) is 6.08 Å². The van der Waals surface area contributed by atoms with Crippen molar-refractivity contribution in [3.05, 3.63) is 52.5 Å². The summed E-state index contributed by atoms with van der Waals surface area (Å²) in [6.45, 7) is 11.6. The van der Waals surface area contributed by atoms with Crippen LogP contribution in [0, 0.1) is 26.7 Å². The Bertz CT molecular complexity index is 1090. The Morgan fingerprint density at radius 1 is 1.15 bits per heavy atom. The van der Waals surface area contributed by atoms with E-state index in [-0.39, 0.29) is 23.7 Å². The quantitative estimate of drug-likeness (QED) is 0.494. The number of hydrogen-bond acceptors (Lipinski definition) is 5. The molecule has 2 aromatic rings. The number of nitrogens with one attached hydrogen (secondary N) is 1. The Morgan fingerprint density at radius 2 is 1.85 bits per heavy atom. The second kappa shape index (κ2) is 11.1. The molecule has 3 heterocycles. The fourth-order valence-electron chi connectivity index (χ4n) is 4.50. The third-order valence-corrected chi connectivity index (χ3v) is 6.36. The zero-order valence-corrected chi connectivity index (χ0v) is 20.7. The van der Waals surface area contributed by atoms with E-state index in [9.17, 15) is 14.4 Å². The van der Waals surface area contributed by atoms with Crippen molar-refractivity contribution in [2.45, 2.75) is 54.0 Å². The fourth-order valence-corrected chi connectivity index (χ4v) is 4.50. The average Bonchev–Trinajstić information content (AvgIpc) is 3.06. The molecular formula is C26H34N4O4. The molecule has 0 saturated carbocycles. The number of carbonyl (C=O) groups is 3. The number of piperidine rings is 1. The number of esters is 1. The molecule has 0 unspecified atom stereocenters. The number of anilines is 1. The Balaban J connectivity index is 1.64. The largest absolute Gasteiger partial charge is 0.462 e. The number of rotatable bonds is 7. The second-order valence-electron chi connectivity index (χ2n) is 8.56. The molecular weight excluding hydrogens is 432 g/mol. The highest BCUT2D eigenvalue weighted by molar-refractivity contribution is 5.99. The number of carbonyl (C=O) groups excluding carboxylic acids is 3. The molecule has 1 aliphatic rings. The zero-order chi connectivity index (χ0) is 24.8. The van der Waals surface area contributed by atoms with Crippen molar-refractivity contribution in [1.82, 2.24) is 14.5 Å². The van der Waals surface area contributed by atoms with Crippen LogP contribution >= 0.6 is 0 Å². The lowest BCUT2D eigenvalue weighted by atomic mass is 9.95. The van der Waals surface area contributed by atoms with E-state index in [1.165, 1.54) is 6.08 Å². The van der Waals surface area contributed by atoms with Crippen molar-refractivity contribution in [3.63, 3.8) is 0 Å². The number of aromatic nitrogens is 2. The molecule has 8 nitrogen and oxygen atoms in total. The Morgan fingerprint density at radius 3 is 2.47 bits per heavy atom. The molecule has 0 aromatic carbocycles. The van der Waals surface area contributed by atoms with E-state index >= 15 is 0 Å².